The lowest BCUT2D eigenvalue weighted by Crippen LogP contribution is -2.29. The van der Waals surface area contributed by atoms with Crippen LogP contribution < -0.4 is 5.32 Å². The molecule has 0 aliphatic rings. The summed E-state index contributed by atoms with van der Waals surface area (Å²) in [5, 5.41) is 3.79. The molecule has 0 heterocycles. The van der Waals surface area contributed by atoms with E-state index < -0.39 is 0 Å². The van der Waals surface area contributed by atoms with E-state index in [4.69, 9.17) is 23.2 Å². The van der Waals surface area contributed by atoms with Crippen molar-refractivity contribution in [3.63, 3.8) is 0 Å². The van der Waals surface area contributed by atoms with E-state index in [0.717, 1.165) is 12.0 Å². The van der Waals surface area contributed by atoms with E-state index in [2.05, 4.69) is 5.32 Å². The van der Waals surface area contributed by atoms with E-state index in [-0.39, 0.29) is 11.9 Å². The lowest BCUT2D eigenvalue weighted by molar-refractivity contribution is 0.576. The van der Waals surface area contributed by atoms with Crippen molar-refractivity contribution in [2.75, 3.05) is 6.54 Å². The second-order valence-corrected chi connectivity index (χ2v) is 4.37. The molecule has 1 rings (SSSR count). The van der Waals surface area contributed by atoms with Crippen LogP contribution in [0.1, 0.15) is 12.5 Å². The predicted octanol–water partition coefficient (Wildman–Crippen LogP) is 3.67. The molecule has 0 saturated carbocycles. The lowest BCUT2D eigenvalue weighted by Gasteiger charge is -2.13. The van der Waals surface area contributed by atoms with Gasteiger partial charge in [0.15, 0.2) is 0 Å². The molecule has 0 aliphatic heterocycles. The molecule has 16 heavy (non-hydrogen) atoms. The number of hydrogen-bond acceptors (Lipinski definition) is 1. The van der Waals surface area contributed by atoms with Gasteiger partial charge in [-0.25, -0.2) is 4.39 Å². The van der Waals surface area contributed by atoms with E-state index in [1.807, 2.05) is 6.92 Å². The van der Waals surface area contributed by atoms with Crippen molar-refractivity contribution in [1.82, 2.24) is 5.32 Å². The third-order valence-corrected chi connectivity index (χ3v) is 2.81. The molecule has 1 aromatic carbocycles. The molecular formula is C12H14Cl2FN. The van der Waals surface area contributed by atoms with Crippen LogP contribution in [-0.2, 0) is 6.42 Å². The first kappa shape index (κ1) is 13.5. The topological polar surface area (TPSA) is 12.0 Å². The maximum absolute atomic E-state index is 12.7. The summed E-state index contributed by atoms with van der Waals surface area (Å²) in [6, 6.07) is 6.76. The largest absolute Gasteiger partial charge is 0.309 e. The fourth-order valence-corrected chi connectivity index (χ4v) is 1.51. The maximum atomic E-state index is 12.7. The highest BCUT2D eigenvalue weighted by atomic mass is 35.5. The van der Waals surface area contributed by atoms with Crippen LogP contribution in [-0.4, -0.2) is 12.6 Å². The Bertz CT molecular complexity index is 349. The van der Waals surface area contributed by atoms with Crippen molar-refractivity contribution in [3.8, 4) is 0 Å². The highest BCUT2D eigenvalue weighted by molar-refractivity contribution is 6.36. The molecular weight excluding hydrogens is 248 g/mol. The molecule has 4 heteroatoms. The van der Waals surface area contributed by atoms with E-state index in [0.29, 0.717) is 11.6 Å². The smallest absolute Gasteiger partial charge is 0.123 e. The molecule has 0 aliphatic carbocycles. The summed E-state index contributed by atoms with van der Waals surface area (Å²) in [7, 11) is 0. The first-order chi connectivity index (χ1) is 7.61. The monoisotopic (exact) mass is 261 g/mol. The predicted molar refractivity (Wildman–Crippen MR) is 67.4 cm³/mol. The number of halogens is 3. The van der Waals surface area contributed by atoms with Crippen LogP contribution in [0.5, 0.6) is 0 Å². The Hall–Kier alpha value is -0.570. The summed E-state index contributed by atoms with van der Waals surface area (Å²) in [6.07, 6.45) is 0.826. The van der Waals surface area contributed by atoms with Gasteiger partial charge in [-0.3, -0.25) is 0 Å². The Labute approximate surface area is 105 Å². The van der Waals surface area contributed by atoms with Crippen molar-refractivity contribution >= 4 is 23.2 Å². The first-order valence-electron chi connectivity index (χ1n) is 5.04. The molecule has 0 aromatic heterocycles. The third kappa shape index (κ3) is 4.97. The van der Waals surface area contributed by atoms with Crippen LogP contribution >= 0.6 is 23.2 Å². The van der Waals surface area contributed by atoms with Crippen molar-refractivity contribution in [2.45, 2.75) is 19.4 Å². The highest BCUT2D eigenvalue weighted by Crippen LogP contribution is 2.07. The van der Waals surface area contributed by atoms with Gasteiger partial charge in [-0.05, 0) is 31.0 Å². The number of nitrogens with one attached hydrogen (secondary N) is 1. The van der Waals surface area contributed by atoms with Crippen molar-refractivity contribution in [3.05, 3.63) is 46.2 Å². The molecule has 0 amide bonds. The van der Waals surface area contributed by atoms with Crippen LogP contribution in [0.3, 0.4) is 0 Å². The SMILES string of the molecule is CC(Cc1ccc(F)cc1)NCC(Cl)=CCl. The standard InChI is InChI=1S/C12H14Cl2FN/c1-9(16-8-11(14)7-13)6-10-2-4-12(15)5-3-10/h2-5,7,9,16H,6,8H2,1H3. The summed E-state index contributed by atoms with van der Waals surface area (Å²) in [4.78, 5) is 0. The minimum Gasteiger partial charge on any atom is -0.309 e. The average Bonchev–Trinajstić information content (AvgIpc) is 2.29. The van der Waals surface area contributed by atoms with Crippen molar-refractivity contribution in [1.29, 1.82) is 0 Å². The molecule has 0 bridgehead atoms. The van der Waals surface area contributed by atoms with Gasteiger partial charge in [-0.2, -0.15) is 0 Å². The third-order valence-electron chi connectivity index (χ3n) is 2.19. The van der Waals surface area contributed by atoms with E-state index in [1.165, 1.54) is 17.7 Å². The van der Waals surface area contributed by atoms with E-state index in [9.17, 15) is 4.39 Å². The van der Waals surface area contributed by atoms with Gasteiger partial charge in [0.2, 0.25) is 0 Å². The fourth-order valence-electron chi connectivity index (χ4n) is 1.36. The summed E-state index contributed by atoms with van der Waals surface area (Å²) < 4.78 is 12.7. The second kappa shape index (κ2) is 6.89. The van der Waals surface area contributed by atoms with Crippen LogP contribution in [0, 0.1) is 5.82 Å². The zero-order valence-corrected chi connectivity index (χ0v) is 10.5. The second-order valence-electron chi connectivity index (χ2n) is 3.67. The van der Waals surface area contributed by atoms with Gasteiger partial charge in [0, 0.05) is 23.2 Å². The quantitative estimate of drug-likeness (QED) is 0.853. The van der Waals surface area contributed by atoms with Gasteiger partial charge in [0.25, 0.3) is 0 Å². The zero-order valence-electron chi connectivity index (χ0n) is 9.01. The molecule has 0 spiro atoms. The van der Waals surface area contributed by atoms with E-state index in [1.54, 1.807) is 12.1 Å². The van der Waals surface area contributed by atoms with Crippen molar-refractivity contribution in [2.24, 2.45) is 0 Å². The van der Waals surface area contributed by atoms with Gasteiger partial charge in [-0.1, -0.05) is 35.3 Å². The highest BCUT2D eigenvalue weighted by Gasteiger charge is 2.03. The fraction of sp³-hybridized carbons (Fsp3) is 0.333. The molecule has 0 saturated heterocycles. The summed E-state index contributed by atoms with van der Waals surface area (Å²) in [5.74, 6) is -0.211. The normalized spacial score (nSPS) is 13.9. The molecule has 0 radical (unpaired) electrons. The van der Waals surface area contributed by atoms with Gasteiger partial charge >= 0.3 is 0 Å². The van der Waals surface area contributed by atoms with Crippen LogP contribution in [0.15, 0.2) is 34.8 Å². The summed E-state index contributed by atoms with van der Waals surface area (Å²) >= 11 is 11.2. The van der Waals surface area contributed by atoms with Crippen LogP contribution in [0.2, 0.25) is 0 Å². The Morgan fingerprint density at radius 2 is 2.06 bits per heavy atom. The van der Waals surface area contributed by atoms with Crippen molar-refractivity contribution < 1.29 is 4.39 Å². The Morgan fingerprint density at radius 1 is 1.44 bits per heavy atom. The average molecular weight is 262 g/mol. The van der Waals surface area contributed by atoms with E-state index >= 15 is 0 Å². The maximum Gasteiger partial charge on any atom is 0.123 e. The molecule has 0 fully saturated rings. The van der Waals surface area contributed by atoms with Crippen LogP contribution in [0.25, 0.3) is 0 Å². The van der Waals surface area contributed by atoms with Gasteiger partial charge in [0.1, 0.15) is 5.82 Å². The molecule has 1 nitrogen and oxygen atoms in total. The summed E-state index contributed by atoms with van der Waals surface area (Å²) in [6.45, 7) is 2.59. The molecule has 1 unspecified atom stereocenters. The summed E-state index contributed by atoms with van der Waals surface area (Å²) in [5.41, 5.74) is 2.44. The number of benzene rings is 1. The Morgan fingerprint density at radius 3 is 2.62 bits per heavy atom. The van der Waals surface area contributed by atoms with Gasteiger partial charge < -0.3 is 5.32 Å². The van der Waals surface area contributed by atoms with Crippen LogP contribution in [0.4, 0.5) is 4.39 Å². The number of rotatable bonds is 5. The van der Waals surface area contributed by atoms with Gasteiger partial charge in [0.05, 0.1) is 0 Å². The minimum absolute atomic E-state index is 0.211. The number of hydrogen-bond donors (Lipinski definition) is 1. The lowest BCUT2D eigenvalue weighted by atomic mass is 10.1. The first-order valence-corrected chi connectivity index (χ1v) is 5.86. The Kier molecular flexibility index (Phi) is 5.81. The minimum atomic E-state index is -0.211. The molecule has 1 N–H and O–H groups in total. The zero-order chi connectivity index (χ0) is 12.0. The molecule has 1 aromatic rings. The van der Waals surface area contributed by atoms with Gasteiger partial charge in [-0.15, -0.1) is 0 Å². The molecule has 1 atom stereocenters. The Balaban J connectivity index is 2.39. The molecule has 88 valence electrons.